The van der Waals surface area contributed by atoms with Gasteiger partial charge in [0, 0.05) is 0 Å². The lowest BCUT2D eigenvalue weighted by Gasteiger charge is -2.02. The van der Waals surface area contributed by atoms with E-state index in [4.69, 9.17) is 32.7 Å². The minimum absolute atomic E-state index is 0.0826. The Morgan fingerprint density at radius 2 is 2.00 bits per heavy atom. The lowest BCUT2D eigenvalue weighted by molar-refractivity contribution is 0.0663. The highest BCUT2D eigenvalue weighted by Crippen LogP contribution is 2.24. The van der Waals surface area contributed by atoms with E-state index in [0.29, 0.717) is 0 Å². The van der Waals surface area contributed by atoms with Crippen LogP contribution < -0.4 is 5.43 Å². The van der Waals surface area contributed by atoms with Crippen molar-refractivity contribution in [1.82, 2.24) is 0 Å². The quantitative estimate of drug-likeness (QED) is 0.854. The fraction of sp³-hybridized carbons (Fsp3) is 0. The van der Waals surface area contributed by atoms with Gasteiger partial charge in [-0.3, -0.25) is 4.79 Å². The molecule has 0 atom stereocenters. The second-order valence-corrected chi connectivity index (χ2v) is 3.78. The van der Waals surface area contributed by atoms with Gasteiger partial charge in [-0.15, -0.1) is 0 Å². The molecule has 16 heavy (non-hydrogen) atoms. The van der Waals surface area contributed by atoms with Crippen molar-refractivity contribution in [3.8, 4) is 0 Å². The zero-order valence-corrected chi connectivity index (χ0v) is 9.17. The number of carboxylic acids is 1. The highest BCUT2D eigenvalue weighted by Gasteiger charge is 2.19. The van der Waals surface area contributed by atoms with Crippen molar-refractivity contribution in [2.75, 3.05) is 0 Å². The summed E-state index contributed by atoms with van der Waals surface area (Å²) >= 11 is 11.4. The second-order valence-electron chi connectivity index (χ2n) is 2.99. The van der Waals surface area contributed by atoms with Crippen LogP contribution in [0.1, 0.15) is 10.6 Å². The van der Waals surface area contributed by atoms with Gasteiger partial charge in [0.2, 0.25) is 11.2 Å². The van der Waals surface area contributed by atoms with E-state index in [9.17, 15) is 9.59 Å². The molecule has 1 N–H and O–H groups in total. The molecule has 0 saturated carbocycles. The van der Waals surface area contributed by atoms with E-state index in [2.05, 4.69) is 0 Å². The van der Waals surface area contributed by atoms with Crippen LogP contribution in [0.3, 0.4) is 0 Å². The van der Waals surface area contributed by atoms with Crippen molar-refractivity contribution in [2.45, 2.75) is 0 Å². The number of aromatic carboxylic acids is 1. The molecule has 0 fully saturated rings. The molecule has 1 aromatic carbocycles. The molecule has 1 heterocycles. The van der Waals surface area contributed by atoms with Gasteiger partial charge in [-0.05, 0) is 12.1 Å². The van der Waals surface area contributed by atoms with Gasteiger partial charge in [-0.2, -0.15) is 0 Å². The molecule has 0 aliphatic carbocycles. The summed E-state index contributed by atoms with van der Waals surface area (Å²) in [6, 6.07) is 4.50. The smallest absolute Gasteiger partial charge is 0.373 e. The third kappa shape index (κ3) is 1.56. The first-order valence-corrected chi connectivity index (χ1v) is 4.92. The molecule has 0 spiro atoms. The van der Waals surface area contributed by atoms with Crippen LogP contribution in [-0.2, 0) is 0 Å². The topological polar surface area (TPSA) is 67.5 Å². The number of hydrogen-bond donors (Lipinski definition) is 1. The molecule has 4 nitrogen and oxygen atoms in total. The first-order chi connectivity index (χ1) is 7.52. The predicted octanol–water partition coefficient (Wildman–Crippen LogP) is 2.80. The zero-order valence-electron chi connectivity index (χ0n) is 7.66. The highest BCUT2D eigenvalue weighted by molar-refractivity contribution is 6.37. The Kier molecular flexibility index (Phi) is 2.61. The molecule has 82 valence electrons. The maximum absolute atomic E-state index is 11.7. The third-order valence-corrected chi connectivity index (χ3v) is 2.67. The molecule has 2 rings (SSSR count). The molecule has 1 aromatic heterocycles. The molecule has 0 radical (unpaired) electrons. The molecule has 0 unspecified atom stereocenters. The van der Waals surface area contributed by atoms with Crippen molar-refractivity contribution < 1.29 is 14.3 Å². The van der Waals surface area contributed by atoms with E-state index in [1.807, 2.05) is 0 Å². The largest absolute Gasteiger partial charge is 0.475 e. The summed E-state index contributed by atoms with van der Waals surface area (Å²) in [4.78, 5) is 22.5. The molecule has 0 amide bonds. The van der Waals surface area contributed by atoms with Crippen LogP contribution in [0.2, 0.25) is 10.0 Å². The fourth-order valence-corrected chi connectivity index (χ4v) is 1.78. The molecular weight excluding hydrogens is 255 g/mol. The van der Waals surface area contributed by atoms with Gasteiger partial charge in [-0.1, -0.05) is 29.3 Å². The molecule has 2 aromatic rings. The van der Waals surface area contributed by atoms with Crippen LogP contribution in [-0.4, -0.2) is 11.1 Å². The maximum atomic E-state index is 11.7. The zero-order chi connectivity index (χ0) is 11.9. The monoisotopic (exact) mass is 258 g/mol. The number of halogens is 2. The van der Waals surface area contributed by atoms with Gasteiger partial charge < -0.3 is 9.52 Å². The summed E-state index contributed by atoms with van der Waals surface area (Å²) in [5.74, 6) is -1.98. The first-order valence-electron chi connectivity index (χ1n) is 4.16. The number of carbonyl (C=O) groups is 1. The molecule has 6 heteroatoms. The van der Waals surface area contributed by atoms with Crippen molar-refractivity contribution in [2.24, 2.45) is 0 Å². The SMILES string of the molecule is O=C(O)c1oc2cccc(Cl)c2c(=O)c1Cl. The minimum Gasteiger partial charge on any atom is -0.475 e. The van der Waals surface area contributed by atoms with Crippen molar-refractivity contribution in [3.05, 3.63) is 44.2 Å². The van der Waals surface area contributed by atoms with E-state index in [1.54, 1.807) is 6.07 Å². The van der Waals surface area contributed by atoms with Crippen LogP contribution >= 0.6 is 23.2 Å². The number of carboxylic acid groups (broad SMARTS) is 1. The first kappa shape index (κ1) is 11.0. The average Bonchev–Trinajstić information content (AvgIpc) is 2.22. The maximum Gasteiger partial charge on any atom is 0.373 e. The van der Waals surface area contributed by atoms with E-state index >= 15 is 0 Å². The van der Waals surface area contributed by atoms with Crippen molar-refractivity contribution in [1.29, 1.82) is 0 Å². The van der Waals surface area contributed by atoms with Gasteiger partial charge in [0.25, 0.3) is 0 Å². The summed E-state index contributed by atoms with van der Waals surface area (Å²) in [6.07, 6.45) is 0. The van der Waals surface area contributed by atoms with Crippen LogP contribution in [0.25, 0.3) is 11.0 Å². The van der Waals surface area contributed by atoms with Crippen LogP contribution in [0.5, 0.6) is 0 Å². The third-order valence-electron chi connectivity index (χ3n) is 2.01. The normalized spacial score (nSPS) is 10.6. The summed E-state index contributed by atoms with van der Waals surface area (Å²) in [5, 5.41) is 8.54. The van der Waals surface area contributed by atoms with E-state index < -0.39 is 22.2 Å². The summed E-state index contributed by atoms with van der Waals surface area (Å²) in [6.45, 7) is 0. The lowest BCUT2D eigenvalue weighted by Crippen LogP contribution is -2.09. The molecule has 0 saturated heterocycles. The summed E-state index contributed by atoms with van der Waals surface area (Å²) < 4.78 is 5.00. The van der Waals surface area contributed by atoms with Gasteiger partial charge >= 0.3 is 5.97 Å². The molecule has 0 aliphatic rings. The van der Waals surface area contributed by atoms with Crippen LogP contribution in [0, 0.1) is 0 Å². The number of benzene rings is 1. The van der Waals surface area contributed by atoms with Crippen molar-refractivity contribution >= 4 is 40.1 Å². The Hall–Kier alpha value is -1.52. The Morgan fingerprint density at radius 3 is 2.62 bits per heavy atom. The van der Waals surface area contributed by atoms with E-state index in [1.165, 1.54) is 12.1 Å². The average molecular weight is 259 g/mol. The summed E-state index contributed by atoms with van der Waals surface area (Å²) in [7, 11) is 0. The minimum atomic E-state index is -1.40. The fourth-order valence-electron chi connectivity index (χ4n) is 1.31. The van der Waals surface area contributed by atoms with E-state index in [0.717, 1.165) is 0 Å². The second kappa shape index (κ2) is 3.81. The van der Waals surface area contributed by atoms with Gasteiger partial charge in [0.15, 0.2) is 0 Å². The van der Waals surface area contributed by atoms with Crippen molar-refractivity contribution in [3.63, 3.8) is 0 Å². The number of rotatable bonds is 1. The number of fused-ring (bicyclic) bond motifs is 1. The number of hydrogen-bond acceptors (Lipinski definition) is 3. The van der Waals surface area contributed by atoms with Gasteiger partial charge in [0.05, 0.1) is 10.4 Å². The van der Waals surface area contributed by atoms with E-state index in [-0.39, 0.29) is 16.0 Å². The Labute approximate surface area is 99.0 Å². The van der Waals surface area contributed by atoms with Gasteiger partial charge in [0.1, 0.15) is 10.6 Å². The molecule has 0 bridgehead atoms. The Morgan fingerprint density at radius 1 is 1.31 bits per heavy atom. The molecule has 0 aliphatic heterocycles. The Balaban J connectivity index is 3.00. The predicted molar refractivity (Wildman–Crippen MR) is 59.5 cm³/mol. The molecular formula is C10H4Cl2O4. The van der Waals surface area contributed by atoms with Gasteiger partial charge in [-0.25, -0.2) is 4.79 Å². The highest BCUT2D eigenvalue weighted by atomic mass is 35.5. The summed E-state index contributed by atoms with van der Waals surface area (Å²) in [5.41, 5.74) is -0.551. The standard InChI is InChI=1S/C10H4Cl2O4/c11-4-2-1-3-5-6(4)8(13)7(12)9(16-5)10(14)15/h1-3H,(H,14,15). The Bertz CT molecular complexity index is 645. The lowest BCUT2D eigenvalue weighted by atomic mass is 10.2. The van der Waals surface area contributed by atoms with Crippen LogP contribution in [0.4, 0.5) is 0 Å². The van der Waals surface area contributed by atoms with Crippen LogP contribution in [0.15, 0.2) is 27.4 Å².